The lowest BCUT2D eigenvalue weighted by Gasteiger charge is -2.39. The molecule has 0 aromatic heterocycles. The van der Waals surface area contributed by atoms with Crippen molar-refractivity contribution in [3.05, 3.63) is 17.7 Å². The van der Waals surface area contributed by atoms with Gasteiger partial charge in [-0.2, -0.15) is 0 Å². The van der Waals surface area contributed by atoms with E-state index in [1.54, 1.807) is 0 Å². The normalized spacial score (nSPS) is 29.0. The van der Waals surface area contributed by atoms with Crippen LogP contribution in [0.25, 0.3) is 0 Å². The van der Waals surface area contributed by atoms with Crippen molar-refractivity contribution in [1.29, 1.82) is 0 Å². The quantitative estimate of drug-likeness (QED) is 0.608. The molecule has 9 nitrogen and oxygen atoms in total. The van der Waals surface area contributed by atoms with Crippen LogP contribution < -0.4 is 14.2 Å². The summed E-state index contributed by atoms with van der Waals surface area (Å²) in [5, 5.41) is 29.7. The van der Waals surface area contributed by atoms with Gasteiger partial charge in [0.15, 0.2) is 11.5 Å². The van der Waals surface area contributed by atoms with Gasteiger partial charge < -0.3 is 39.0 Å². The lowest BCUT2D eigenvalue weighted by atomic mass is 10.00. The molecule has 9 heteroatoms. The summed E-state index contributed by atoms with van der Waals surface area (Å²) in [5.74, 6) is -0.241. The molecule has 0 radical (unpaired) electrons. The highest BCUT2D eigenvalue weighted by molar-refractivity contribution is 5.91. The molecule has 1 aromatic carbocycles. The third-order valence-corrected chi connectivity index (χ3v) is 3.92. The van der Waals surface area contributed by atoms with Gasteiger partial charge in [-0.1, -0.05) is 0 Å². The molecule has 0 saturated carbocycles. The Bertz CT molecular complexity index is 593. The van der Waals surface area contributed by atoms with Gasteiger partial charge >= 0.3 is 5.97 Å². The van der Waals surface area contributed by atoms with Crippen LogP contribution in [0.2, 0.25) is 0 Å². The fourth-order valence-electron chi connectivity index (χ4n) is 2.46. The Labute approximate surface area is 144 Å². The van der Waals surface area contributed by atoms with Crippen LogP contribution >= 0.6 is 0 Å². The van der Waals surface area contributed by atoms with Gasteiger partial charge in [0.05, 0.1) is 33.0 Å². The summed E-state index contributed by atoms with van der Waals surface area (Å²) in [6.45, 7) is 1.53. The molecule has 1 saturated heterocycles. The number of carbonyl (C=O) groups is 1. The summed E-state index contributed by atoms with van der Waals surface area (Å²) in [4.78, 5) is 11.7. The number of ether oxygens (including phenoxy) is 5. The molecule has 0 spiro atoms. The second kappa shape index (κ2) is 7.87. The molecule has 0 bridgehead atoms. The molecule has 25 heavy (non-hydrogen) atoms. The van der Waals surface area contributed by atoms with E-state index in [2.05, 4.69) is 4.74 Å². The van der Waals surface area contributed by atoms with Gasteiger partial charge in [-0.15, -0.1) is 0 Å². The van der Waals surface area contributed by atoms with E-state index in [9.17, 15) is 20.1 Å². The average Bonchev–Trinajstić information content (AvgIpc) is 2.63. The van der Waals surface area contributed by atoms with Crippen LogP contribution in [0.5, 0.6) is 17.2 Å². The fraction of sp³-hybridized carbons (Fsp3) is 0.562. The number of aliphatic hydroxyl groups excluding tert-OH is 3. The highest BCUT2D eigenvalue weighted by Crippen LogP contribution is 2.40. The lowest BCUT2D eigenvalue weighted by Crippen LogP contribution is -2.58. The summed E-state index contributed by atoms with van der Waals surface area (Å²) >= 11 is 0. The van der Waals surface area contributed by atoms with E-state index < -0.39 is 36.7 Å². The summed E-state index contributed by atoms with van der Waals surface area (Å²) < 4.78 is 26.1. The number of rotatable bonds is 5. The van der Waals surface area contributed by atoms with Crippen LogP contribution in [0.15, 0.2) is 12.1 Å². The van der Waals surface area contributed by atoms with Crippen LogP contribution in [0, 0.1) is 0 Å². The molecule has 0 unspecified atom stereocenters. The molecule has 0 aliphatic carbocycles. The minimum absolute atomic E-state index is 0.0671. The number of methoxy groups -OCH3 is 3. The van der Waals surface area contributed by atoms with E-state index >= 15 is 0 Å². The Balaban J connectivity index is 2.36. The zero-order chi connectivity index (χ0) is 18.7. The molecule has 0 amide bonds. The van der Waals surface area contributed by atoms with Crippen LogP contribution in [-0.4, -0.2) is 73.3 Å². The fourth-order valence-corrected chi connectivity index (χ4v) is 2.46. The Kier molecular flexibility index (Phi) is 6.07. The Hall–Kier alpha value is -2.07. The van der Waals surface area contributed by atoms with Gasteiger partial charge in [0.1, 0.15) is 18.3 Å². The average molecular weight is 358 g/mol. The van der Waals surface area contributed by atoms with E-state index in [-0.39, 0.29) is 22.8 Å². The maximum atomic E-state index is 11.7. The van der Waals surface area contributed by atoms with Crippen molar-refractivity contribution in [2.75, 3.05) is 21.3 Å². The zero-order valence-corrected chi connectivity index (χ0v) is 14.3. The standard InChI is InChI=1S/C16H22O9/c1-7-11(17)12(18)13(19)16(24-7)25-14-9(21-2)5-8(15(20)23-4)6-10(14)22-3/h5-7,11-13,16-19H,1-4H3/t7-,11-,12+,13+,16-/m0/s1. The largest absolute Gasteiger partial charge is 0.493 e. The Morgan fingerprint density at radius 1 is 1.00 bits per heavy atom. The van der Waals surface area contributed by atoms with Gasteiger partial charge in [-0.3, -0.25) is 0 Å². The minimum atomic E-state index is -1.50. The highest BCUT2D eigenvalue weighted by Gasteiger charge is 2.43. The molecule has 1 fully saturated rings. The first-order chi connectivity index (χ1) is 11.8. The van der Waals surface area contributed by atoms with Crippen LogP contribution in [0.4, 0.5) is 0 Å². The number of aliphatic hydroxyl groups is 3. The molecule has 1 heterocycles. The second-order valence-corrected chi connectivity index (χ2v) is 5.50. The van der Waals surface area contributed by atoms with Gasteiger partial charge in [0.25, 0.3) is 0 Å². The second-order valence-electron chi connectivity index (χ2n) is 5.50. The van der Waals surface area contributed by atoms with E-state index in [1.807, 2.05) is 0 Å². The van der Waals surface area contributed by atoms with Crippen LogP contribution in [0.3, 0.4) is 0 Å². The summed E-state index contributed by atoms with van der Waals surface area (Å²) in [7, 11) is 3.97. The molecule has 3 N–H and O–H groups in total. The van der Waals surface area contributed by atoms with Crippen molar-refractivity contribution in [3.8, 4) is 17.2 Å². The maximum absolute atomic E-state index is 11.7. The highest BCUT2D eigenvalue weighted by atomic mass is 16.7. The molecular formula is C16H22O9. The minimum Gasteiger partial charge on any atom is -0.493 e. The van der Waals surface area contributed by atoms with Gasteiger partial charge in [-0.25, -0.2) is 4.79 Å². The third kappa shape index (κ3) is 3.79. The first-order valence-electron chi connectivity index (χ1n) is 7.54. The molecule has 1 aromatic rings. The van der Waals surface area contributed by atoms with Gasteiger partial charge in [0.2, 0.25) is 12.0 Å². The summed E-state index contributed by atoms with van der Waals surface area (Å²) in [6, 6.07) is 2.77. The number of esters is 1. The number of benzene rings is 1. The van der Waals surface area contributed by atoms with Crippen molar-refractivity contribution in [1.82, 2.24) is 0 Å². The van der Waals surface area contributed by atoms with E-state index in [1.165, 1.54) is 40.4 Å². The molecular weight excluding hydrogens is 336 g/mol. The van der Waals surface area contributed by atoms with Crippen LogP contribution in [-0.2, 0) is 9.47 Å². The van der Waals surface area contributed by atoms with Crippen molar-refractivity contribution >= 4 is 5.97 Å². The monoisotopic (exact) mass is 358 g/mol. The van der Waals surface area contributed by atoms with E-state index in [0.717, 1.165) is 0 Å². The molecule has 1 aliphatic rings. The number of hydrogen-bond acceptors (Lipinski definition) is 9. The SMILES string of the molecule is COC(=O)c1cc(OC)c(O[C@@H]2O[C@@H](C)[C@H](O)[C@@H](O)[C@H]2O)c(OC)c1. The Morgan fingerprint density at radius 3 is 2.04 bits per heavy atom. The van der Waals surface area contributed by atoms with Gasteiger partial charge in [0, 0.05) is 0 Å². The van der Waals surface area contributed by atoms with E-state index in [4.69, 9.17) is 18.9 Å². The molecule has 2 rings (SSSR count). The summed E-state index contributed by atoms with van der Waals surface area (Å²) in [5.41, 5.74) is 0.178. The molecule has 1 aliphatic heterocycles. The third-order valence-electron chi connectivity index (χ3n) is 3.92. The predicted molar refractivity (Wildman–Crippen MR) is 83.9 cm³/mol. The Morgan fingerprint density at radius 2 is 1.56 bits per heavy atom. The first-order valence-corrected chi connectivity index (χ1v) is 7.54. The molecule has 5 atom stereocenters. The number of carbonyl (C=O) groups excluding carboxylic acids is 1. The smallest absolute Gasteiger partial charge is 0.338 e. The zero-order valence-electron chi connectivity index (χ0n) is 14.3. The van der Waals surface area contributed by atoms with Crippen molar-refractivity contribution in [2.45, 2.75) is 37.6 Å². The van der Waals surface area contributed by atoms with Crippen molar-refractivity contribution in [3.63, 3.8) is 0 Å². The van der Waals surface area contributed by atoms with Crippen LogP contribution in [0.1, 0.15) is 17.3 Å². The first kappa shape index (κ1) is 19.3. The summed E-state index contributed by atoms with van der Waals surface area (Å²) in [6.07, 6.45) is -6.24. The maximum Gasteiger partial charge on any atom is 0.338 e. The van der Waals surface area contributed by atoms with Crippen molar-refractivity contribution in [2.24, 2.45) is 0 Å². The topological polar surface area (TPSA) is 124 Å². The number of hydrogen-bond donors (Lipinski definition) is 3. The predicted octanol–water partition coefficient (Wildman–Crippen LogP) is -0.303. The van der Waals surface area contributed by atoms with Crippen molar-refractivity contribution < 1.29 is 43.8 Å². The lowest BCUT2D eigenvalue weighted by molar-refractivity contribution is -0.268. The van der Waals surface area contributed by atoms with E-state index in [0.29, 0.717) is 0 Å². The molecule has 140 valence electrons. The van der Waals surface area contributed by atoms with Gasteiger partial charge in [-0.05, 0) is 19.1 Å².